The van der Waals surface area contributed by atoms with E-state index in [0.717, 1.165) is 21.1 Å². The van der Waals surface area contributed by atoms with Crippen LogP contribution >= 0.6 is 22.6 Å². The number of nitrogen functional groups attached to an aromatic ring is 1. The fourth-order valence-corrected chi connectivity index (χ4v) is 1.54. The van der Waals surface area contributed by atoms with Crippen molar-refractivity contribution in [2.75, 3.05) is 5.73 Å². The second-order valence-electron chi connectivity index (χ2n) is 2.67. The number of carbonyl (C=O) groups is 1. The summed E-state index contributed by atoms with van der Waals surface area (Å²) >= 11 is 2.16. The molecule has 2 N–H and O–H groups in total. The molecule has 0 spiro atoms. The van der Waals surface area contributed by atoms with Gasteiger partial charge in [-0.3, -0.25) is 0 Å². The molecule has 0 fully saturated rings. The van der Waals surface area contributed by atoms with Gasteiger partial charge in [0.05, 0.1) is 0 Å². The first-order valence-electron chi connectivity index (χ1n) is 3.66. The SMILES string of the molecule is CC(C=O)c1cccc(I)c1N. The van der Waals surface area contributed by atoms with E-state index < -0.39 is 0 Å². The first-order valence-corrected chi connectivity index (χ1v) is 4.74. The summed E-state index contributed by atoms with van der Waals surface area (Å²) in [6.07, 6.45) is 0.905. The van der Waals surface area contributed by atoms with Crippen LogP contribution in [0.3, 0.4) is 0 Å². The van der Waals surface area contributed by atoms with Crippen molar-refractivity contribution in [1.82, 2.24) is 0 Å². The van der Waals surface area contributed by atoms with E-state index in [9.17, 15) is 4.79 Å². The molecule has 0 radical (unpaired) electrons. The summed E-state index contributed by atoms with van der Waals surface area (Å²) in [4.78, 5) is 10.5. The average molecular weight is 275 g/mol. The molecule has 64 valence electrons. The third-order valence-corrected chi connectivity index (χ3v) is 2.72. The number of nitrogens with two attached hydrogens (primary N) is 1. The highest BCUT2D eigenvalue weighted by Gasteiger charge is 2.08. The van der Waals surface area contributed by atoms with Gasteiger partial charge in [0.1, 0.15) is 6.29 Å². The Kier molecular flexibility index (Phi) is 3.08. The molecule has 12 heavy (non-hydrogen) atoms. The summed E-state index contributed by atoms with van der Waals surface area (Å²) in [5.74, 6) is -0.111. The maximum absolute atomic E-state index is 10.5. The minimum Gasteiger partial charge on any atom is -0.398 e. The van der Waals surface area contributed by atoms with E-state index in [4.69, 9.17) is 5.73 Å². The van der Waals surface area contributed by atoms with Crippen LogP contribution in [0.4, 0.5) is 5.69 Å². The van der Waals surface area contributed by atoms with E-state index in [1.165, 1.54) is 0 Å². The van der Waals surface area contributed by atoms with Gasteiger partial charge in [0.15, 0.2) is 0 Å². The monoisotopic (exact) mass is 275 g/mol. The average Bonchev–Trinajstić information content (AvgIpc) is 2.08. The summed E-state index contributed by atoms with van der Waals surface area (Å²) in [7, 11) is 0. The van der Waals surface area contributed by atoms with Gasteiger partial charge >= 0.3 is 0 Å². The number of hydrogen-bond acceptors (Lipinski definition) is 2. The summed E-state index contributed by atoms with van der Waals surface area (Å²) in [5, 5.41) is 0. The van der Waals surface area contributed by atoms with Gasteiger partial charge in [-0.05, 0) is 34.2 Å². The zero-order chi connectivity index (χ0) is 9.14. The van der Waals surface area contributed by atoms with Crippen LogP contribution in [0.15, 0.2) is 18.2 Å². The lowest BCUT2D eigenvalue weighted by Crippen LogP contribution is -2.01. The quantitative estimate of drug-likeness (QED) is 0.510. The van der Waals surface area contributed by atoms with Gasteiger partial charge in [-0.1, -0.05) is 19.1 Å². The number of para-hydroxylation sites is 1. The minimum atomic E-state index is -0.111. The Morgan fingerprint density at radius 3 is 2.83 bits per heavy atom. The predicted octanol–water partition coefficient (Wildman–Crippen LogP) is 2.18. The van der Waals surface area contributed by atoms with Crippen molar-refractivity contribution < 1.29 is 4.79 Å². The second-order valence-corrected chi connectivity index (χ2v) is 3.83. The van der Waals surface area contributed by atoms with Crippen molar-refractivity contribution in [1.29, 1.82) is 0 Å². The zero-order valence-electron chi connectivity index (χ0n) is 6.75. The molecule has 1 aromatic carbocycles. The molecule has 0 saturated carbocycles. The molecular weight excluding hydrogens is 265 g/mol. The number of halogens is 1. The van der Waals surface area contributed by atoms with Gasteiger partial charge in [-0.2, -0.15) is 0 Å². The van der Waals surface area contributed by atoms with E-state index in [0.29, 0.717) is 0 Å². The maximum atomic E-state index is 10.5. The molecule has 0 aliphatic heterocycles. The van der Waals surface area contributed by atoms with Gasteiger partial charge in [0.25, 0.3) is 0 Å². The van der Waals surface area contributed by atoms with E-state index in [1.54, 1.807) is 0 Å². The third-order valence-electron chi connectivity index (χ3n) is 1.78. The molecule has 2 nitrogen and oxygen atoms in total. The summed E-state index contributed by atoms with van der Waals surface area (Å²) in [5.41, 5.74) is 7.43. The van der Waals surface area contributed by atoms with Crippen molar-refractivity contribution >= 4 is 34.6 Å². The summed E-state index contributed by atoms with van der Waals surface area (Å²) < 4.78 is 0.999. The maximum Gasteiger partial charge on any atom is 0.127 e. The highest BCUT2D eigenvalue weighted by molar-refractivity contribution is 14.1. The Bertz CT molecular complexity index is 299. The van der Waals surface area contributed by atoms with Crippen molar-refractivity contribution in [3.05, 3.63) is 27.3 Å². The largest absolute Gasteiger partial charge is 0.398 e. The molecule has 0 aromatic heterocycles. The van der Waals surface area contributed by atoms with Gasteiger partial charge in [-0.15, -0.1) is 0 Å². The van der Waals surface area contributed by atoms with Crippen LogP contribution < -0.4 is 5.73 Å². The van der Waals surface area contributed by atoms with E-state index in [2.05, 4.69) is 22.6 Å². The molecule has 0 aliphatic carbocycles. The lowest BCUT2D eigenvalue weighted by atomic mass is 10.0. The smallest absolute Gasteiger partial charge is 0.127 e. The number of aldehydes is 1. The topological polar surface area (TPSA) is 43.1 Å². The van der Waals surface area contributed by atoms with Gasteiger partial charge in [0.2, 0.25) is 0 Å². The minimum absolute atomic E-state index is 0.111. The molecule has 0 saturated heterocycles. The summed E-state index contributed by atoms with van der Waals surface area (Å²) in [6, 6.07) is 5.72. The van der Waals surface area contributed by atoms with Crippen LogP contribution in [0.5, 0.6) is 0 Å². The highest BCUT2D eigenvalue weighted by Crippen LogP contribution is 2.24. The molecule has 1 atom stereocenters. The second kappa shape index (κ2) is 3.89. The van der Waals surface area contributed by atoms with Crippen LogP contribution in [0.2, 0.25) is 0 Å². The van der Waals surface area contributed by atoms with E-state index in [-0.39, 0.29) is 5.92 Å². The molecule has 3 heteroatoms. The number of anilines is 1. The number of rotatable bonds is 2. The first kappa shape index (κ1) is 9.51. The van der Waals surface area contributed by atoms with E-state index >= 15 is 0 Å². The van der Waals surface area contributed by atoms with Crippen molar-refractivity contribution in [3.8, 4) is 0 Å². The molecular formula is C9H10INO. The standard InChI is InChI=1S/C9H10INO/c1-6(5-12)7-3-2-4-8(10)9(7)11/h2-6H,11H2,1H3. The highest BCUT2D eigenvalue weighted by atomic mass is 127. The Balaban J connectivity index is 3.15. The normalized spacial score (nSPS) is 12.5. The molecule has 1 unspecified atom stereocenters. The Morgan fingerprint density at radius 2 is 2.25 bits per heavy atom. The Labute approximate surface area is 85.3 Å². The molecule has 0 bridgehead atoms. The van der Waals surface area contributed by atoms with Crippen LogP contribution in [-0.2, 0) is 4.79 Å². The lowest BCUT2D eigenvalue weighted by molar-refractivity contribution is -0.108. The fourth-order valence-electron chi connectivity index (χ4n) is 1.02. The molecule has 0 aliphatic rings. The van der Waals surface area contributed by atoms with Gasteiger partial charge in [-0.25, -0.2) is 0 Å². The van der Waals surface area contributed by atoms with Crippen LogP contribution in [0, 0.1) is 3.57 Å². The number of benzene rings is 1. The fraction of sp³-hybridized carbons (Fsp3) is 0.222. The molecule has 0 heterocycles. The van der Waals surface area contributed by atoms with Crippen LogP contribution in [0.1, 0.15) is 18.4 Å². The zero-order valence-corrected chi connectivity index (χ0v) is 8.91. The van der Waals surface area contributed by atoms with Gasteiger partial charge < -0.3 is 10.5 Å². The predicted molar refractivity (Wildman–Crippen MR) is 58.1 cm³/mol. The van der Waals surface area contributed by atoms with Crippen molar-refractivity contribution in [3.63, 3.8) is 0 Å². The van der Waals surface area contributed by atoms with Crippen molar-refractivity contribution in [2.45, 2.75) is 12.8 Å². The first-order chi connectivity index (χ1) is 5.66. The van der Waals surface area contributed by atoms with Crippen LogP contribution in [-0.4, -0.2) is 6.29 Å². The molecule has 0 amide bonds. The summed E-state index contributed by atoms with van der Waals surface area (Å²) in [6.45, 7) is 1.84. The van der Waals surface area contributed by atoms with E-state index in [1.807, 2.05) is 25.1 Å². The Hall–Kier alpha value is -0.580. The number of hydrogen-bond donors (Lipinski definition) is 1. The Morgan fingerprint density at radius 1 is 1.58 bits per heavy atom. The number of carbonyl (C=O) groups excluding carboxylic acids is 1. The van der Waals surface area contributed by atoms with Crippen LogP contribution in [0.25, 0.3) is 0 Å². The third kappa shape index (κ3) is 1.77. The van der Waals surface area contributed by atoms with Gasteiger partial charge in [0, 0.05) is 15.2 Å². The lowest BCUT2D eigenvalue weighted by Gasteiger charge is -2.08. The van der Waals surface area contributed by atoms with Crippen molar-refractivity contribution in [2.24, 2.45) is 0 Å². The molecule has 1 aromatic rings. The molecule has 1 rings (SSSR count).